The topological polar surface area (TPSA) is 133 Å². The van der Waals surface area contributed by atoms with E-state index in [9.17, 15) is 36.6 Å². The lowest BCUT2D eigenvalue weighted by Crippen LogP contribution is -2.38. The molecule has 0 aliphatic rings. The molecule has 1 amide bonds. The first-order valence-electron chi connectivity index (χ1n) is 15.1. The molecule has 0 spiro atoms. The number of benzene rings is 4. The van der Waals surface area contributed by atoms with Crippen molar-refractivity contribution < 1.29 is 47.6 Å². The molecular weight excluding hydrogens is 715 g/mol. The highest BCUT2D eigenvalue weighted by atomic mass is 35.5. The zero-order valence-corrected chi connectivity index (χ0v) is 30.5. The predicted molar refractivity (Wildman–Crippen MR) is 192 cm³/mol. The Balaban J connectivity index is 0.000000789. The number of thiol groups is 1. The minimum absolute atomic E-state index is 0. The van der Waals surface area contributed by atoms with Crippen LogP contribution in [0.2, 0.25) is 5.02 Å². The fraction of sp³-hybridized carbons (Fsp3) is 0.297. The summed E-state index contributed by atoms with van der Waals surface area (Å²) in [5.41, 5.74) is 5.23. The fourth-order valence-corrected chi connectivity index (χ4v) is 4.87. The van der Waals surface area contributed by atoms with E-state index in [1.807, 2.05) is 24.3 Å². The highest BCUT2D eigenvalue weighted by Gasteiger charge is 2.24. The van der Waals surface area contributed by atoms with Crippen LogP contribution in [0.15, 0.2) is 71.6 Å². The number of carboxylic acids is 1. The van der Waals surface area contributed by atoms with E-state index < -0.39 is 40.0 Å². The van der Waals surface area contributed by atoms with Crippen LogP contribution in [-0.4, -0.2) is 34.5 Å². The molecule has 0 saturated heterocycles. The van der Waals surface area contributed by atoms with Crippen LogP contribution in [0.4, 0.5) is 27.6 Å². The summed E-state index contributed by atoms with van der Waals surface area (Å²) in [7, 11) is 0. The molecule has 0 unspecified atom stereocenters. The third kappa shape index (κ3) is 12.0. The molecule has 0 radical (unpaired) electrons. The first-order chi connectivity index (χ1) is 22.7. The van der Waals surface area contributed by atoms with Crippen LogP contribution in [0.25, 0.3) is 0 Å². The van der Waals surface area contributed by atoms with Gasteiger partial charge in [-0.05, 0) is 69.5 Å². The molecule has 51 heavy (non-hydrogen) atoms. The summed E-state index contributed by atoms with van der Waals surface area (Å²) in [5.74, 6) is -11.1. The van der Waals surface area contributed by atoms with E-state index in [1.54, 1.807) is 17.0 Å². The van der Waals surface area contributed by atoms with Crippen molar-refractivity contribution in [3.8, 4) is 0 Å². The summed E-state index contributed by atoms with van der Waals surface area (Å²) in [6.45, 7) is 14.2. The van der Waals surface area contributed by atoms with Crippen LogP contribution in [0.3, 0.4) is 0 Å². The first-order valence-corrected chi connectivity index (χ1v) is 16.0. The summed E-state index contributed by atoms with van der Waals surface area (Å²) in [5, 5.41) is 13.2. The molecule has 0 aromatic heterocycles. The van der Waals surface area contributed by atoms with E-state index in [0.717, 1.165) is 11.1 Å². The van der Waals surface area contributed by atoms with Crippen molar-refractivity contribution in [3.05, 3.63) is 129 Å². The van der Waals surface area contributed by atoms with Gasteiger partial charge in [-0.25, -0.2) is 26.7 Å². The standard InChI is InChI=1S/C31H37ClN2O3.C6HF5S.2H2O/c1-30(2,3)24-15-22(16-25(17-24)31(4,5)6)20-34(27-13-9-23(10-14-27)29(36)37)28(35)19-33-18-21-7-11-26(32)12-8-21;7-1-2(8)4(10)6(12)5(11)3(1)9;;/h7-17,33H,18-20H2,1-6H3,(H,36,37);12H;2*1H2. The summed E-state index contributed by atoms with van der Waals surface area (Å²) in [6.07, 6.45) is 0. The SMILES string of the molecule is CC(C)(C)c1cc(CN(C(=O)CNCc2ccc(Cl)cc2)c2ccc(C(=O)O)cc2)cc(C(C)(C)C)c1.Fc1c(F)c(F)c(S)c(F)c1F.O.O. The number of aromatic carboxylic acids is 1. The molecule has 0 saturated carbocycles. The maximum atomic E-state index is 13.5. The summed E-state index contributed by atoms with van der Waals surface area (Å²) in [6, 6.07) is 20.5. The van der Waals surface area contributed by atoms with Crippen LogP contribution in [0.1, 0.15) is 74.2 Å². The van der Waals surface area contributed by atoms with E-state index in [1.165, 1.54) is 23.3 Å². The van der Waals surface area contributed by atoms with Gasteiger partial charge in [0.2, 0.25) is 11.7 Å². The van der Waals surface area contributed by atoms with Gasteiger partial charge in [0, 0.05) is 17.3 Å². The van der Waals surface area contributed by atoms with Gasteiger partial charge in [0.25, 0.3) is 0 Å². The van der Waals surface area contributed by atoms with Gasteiger partial charge in [-0.3, -0.25) is 4.79 Å². The molecule has 0 atom stereocenters. The van der Waals surface area contributed by atoms with Crippen molar-refractivity contribution in [1.29, 1.82) is 0 Å². The third-order valence-corrected chi connectivity index (χ3v) is 8.14. The summed E-state index contributed by atoms with van der Waals surface area (Å²) < 4.78 is 61.3. The Kier molecular flexibility index (Phi) is 16.3. The number of hydrogen-bond acceptors (Lipinski definition) is 4. The number of carbonyl (C=O) groups excluding carboxylic acids is 1. The molecule has 4 aromatic rings. The van der Waals surface area contributed by atoms with Gasteiger partial charge in [0.05, 0.1) is 23.5 Å². The number of halogens is 6. The average Bonchev–Trinajstić information content (AvgIpc) is 3.04. The van der Waals surface area contributed by atoms with Crippen molar-refractivity contribution in [2.75, 3.05) is 11.4 Å². The van der Waals surface area contributed by atoms with Crippen molar-refractivity contribution >= 4 is 41.8 Å². The molecule has 0 heterocycles. The smallest absolute Gasteiger partial charge is 0.335 e. The zero-order valence-electron chi connectivity index (χ0n) is 28.9. The van der Waals surface area contributed by atoms with Crippen LogP contribution in [0, 0.1) is 29.1 Å². The van der Waals surface area contributed by atoms with E-state index >= 15 is 0 Å². The van der Waals surface area contributed by atoms with Gasteiger partial charge in [-0.15, -0.1) is 12.6 Å². The number of nitrogens with zero attached hydrogens (tertiary/aromatic N) is 1. The minimum Gasteiger partial charge on any atom is -0.478 e. The molecule has 4 aromatic carbocycles. The Hall–Kier alpha value is -4.01. The largest absolute Gasteiger partial charge is 0.478 e. The van der Waals surface area contributed by atoms with Gasteiger partial charge in [0.1, 0.15) is 0 Å². The van der Waals surface area contributed by atoms with Crippen LogP contribution >= 0.6 is 24.2 Å². The predicted octanol–water partition coefficient (Wildman–Crippen LogP) is 7.98. The third-order valence-electron chi connectivity index (χ3n) is 7.50. The molecule has 4 rings (SSSR count). The summed E-state index contributed by atoms with van der Waals surface area (Å²) >= 11 is 9.07. The van der Waals surface area contributed by atoms with Gasteiger partial charge < -0.3 is 26.3 Å². The number of amides is 1. The Labute approximate surface area is 304 Å². The second-order valence-corrected chi connectivity index (χ2v) is 14.3. The lowest BCUT2D eigenvalue weighted by atomic mass is 9.79. The van der Waals surface area contributed by atoms with E-state index in [4.69, 9.17) is 11.6 Å². The van der Waals surface area contributed by atoms with E-state index in [2.05, 4.69) is 77.7 Å². The van der Waals surface area contributed by atoms with Gasteiger partial charge in [-0.2, -0.15) is 0 Å². The lowest BCUT2D eigenvalue weighted by Gasteiger charge is -2.28. The number of nitrogens with one attached hydrogen (secondary N) is 1. The van der Waals surface area contributed by atoms with E-state index in [0.29, 0.717) is 23.8 Å². The van der Waals surface area contributed by atoms with Crippen LogP contribution in [-0.2, 0) is 28.7 Å². The molecule has 0 bridgehead atoms. The average molecular weight is 757 g/mol. The number of rotatable bonds is 8. The summed E-state index contributed by atoms with van der Waals surface area (Å²) in [4.78, 5) is 25.4. The maximum Gasteiger partial charge on any atom is 0.335 e. The van der Waals surface area contributed by atoms with Gasteiger partial charge >= 0.3 is 5.97 Å². The zero-order chi connectivity index (χ0) is 36.8. The second kappa shape index (κ2) is 18.5. The quantitative estimate of drug-likeness (QED) is 0.0728. The Morgan fingerprint density at radius 1 is 0.725 bits per heavy atom. The number of carbonyl (C=O) groups is 2. The molecule has 14 heteroatoms. The van der Waals surface area contributed by atoms with Crippen molar-refractivity contribution in [3.63, 3.8) is 0 Å². The normalized spacial score (nSPS) is 11.1. The number of carboxylic acid groups (broad SMARTS) is 1. The molecule has 0 aliphatic heterocycles. The van der Waals surface area contributed by atoms with Crippen molar-refractivity contribution in [2.24, 2.45) is 0 Å². The molecule has 7 nitrogen and oxygen atoms in total. The van der Waals surface area contributed by atoms with Gasteiger partial charge in [0.15, 0.2) is 23.3 Å². The highest BCUT2D eigenvalue weighted by molar-refractivity contribution is 7.80. The van der Waals surface area contributed by atoms with Crippen LogP contribution in [0.5, 0.6) is 0 Å². The van der Waals surface area contributed by atoms with Crippen LogP contribution < -0.4 is 10.2 Å². The number of hydrogen-bond donors (Lipinski definition) is 3. The first kappa shape index (κ1) is 45.0. The Morgan fingerprint density at radius 2 is 1.18 bits per heavy atom. The Bertz CT molecular complexity index is 1680. The molecule has 0 aliphatic carbocycles. The van der Waals surface area contributed by atoms with Gasteiger partial charge in [-0.1, -0.05) is 83.5 Å². The maximum absolute atomic E-state index is 13.5. The monoisotopic (exact) mass is 756 g/mol. The molecule has 278 valence electrons. The lowest BCUT2D eigenvalue weighted by molar-refractivity contribution is -0.118. The number of anilines is 1. The molecular formula is C37H42ClF5N2O5S. The Morgan fingerprint density at radius 3 is 1.61 bits per heavy atom. The molecule has 6 N–H and O–H groups in total. The van der Waals surface area contributed by atoms with E-state index in [-0.39, 0.29) is 39.8 Å². The van der Waals surface area contributed by atoms with Crippen molar-refractivity contribution in [2.45, 2.75) is 70.4 Å². The molecule has 0 fully saturated rings. The van der Waals surface area contributed by atoms with Crippen molar-refractivity contribution in [1.82, 2.24) is 5.32 Å². The highest BCUT2D eigenvalue weighted by Crippen LogP contribution is 2.31. The minimum atomic E-state index is -2.18. The fourth-order valence-electron chi connectivity index (χ4n) is 4.54. The second-order valence-electron chi connectivity index (χ2n) is 13.4.